The van der Waals surface area contributed by atoms with Gasteiger partial charge in [0.1, 0.15) is 24.1 Å². The first-order valence-electron chi connectivity index (χ1n) is 16.5. The molecule has 0 radical (unpaired) electrons. The predicted octanol–water partition coefficient (Wildman–Crippen LogP) is 6.23. The van der Waals surface area contributed by atoms with Gasteiger partial charge in [0.15, 0.2) is 0 Å². The zero-order valence-electron chi connectivity index (χ0n) is 26.2. The van der Waals surface area contributed by atoms with Gasteiger partial charge in [-0.1, -0.05) is 53.2 Å². The van der Waals surface area contributed by atoms with Crippen LogP contribution in [0.3, 0.4) is 0 Å². The van der Waals surface area contributed by atoms with E-state index in [-0.39, 0.29) is 27.1 Å². The molecule has 1 heterocycles. The summed E-state index contributed by atoms with van der Waals surface area (Å²) in [5.74, 6) is 2.61. The van der Waals surface area contributed by atoms with Gasteiger partial charge in [-0.3, -0.25) is 4.79 Å². The Bertz CT molecular complexity index is 1060. The Kier molecular flexibility index (Phi) is 6.87. The van der Waals surface area contributed by atoms with Crippen LogP contribution in [0.1, 0.15) is 119 Å². The normalized spacial score (nSPS) is 53.4. The first-order chi connectivity index (χ1) is 18.6. The molecule has 5 fully saturated rings. The number of carbonyl (C=O) groups excluding carboxylic acids is 1. The van der Waals surface area contributed by atoms with E-state index in [0.717, 1.165) is 44.9 Å². The molecule has 6 rings (SSSR count). The SMILES string of the molecule is CC1O[C@@H](C[C@@]23CCC4C(=CCC5[C@@]4(C)CCC4C(C)(C)C(=O)CC[C@@]45C)C2CC(C)(C)CC3)C(O)C(O)[C@H]1O. The number of rotatable bonds is 2. The Labute approximate surface area is 242 Å². The molecule has 7 unspecified atom stereocenters. The fourth-order valence-electron chi connectivity index (χ4n) is 11.9. The minimum absolute atomic E-state index is 0.0643. The Morgan fingerprint density at radius 1 is 0.825 bits per heavy atom. The monoisotopic (exact) mass is 556 g/mol. The minimum Gasteiger partial charge on any atom is -0.388 e. The molecule has 0 spiro atoms. The molecule has 0 bridgehead atoms. The average Bonchev–Trinajstić information content (AvgIpc) is 2.88. The lowest BCUT2D eigenvalue weighted by Gasteiger charge is -2.67. The van der Waals surface area contributed by atoms with Crippen molar-refractivity contribution in [2.75, 3.05) is 0 Å². The lowest BCUT2D eigenvalue weighted by Crippen LogP contribution is -2.62. The minimum atomic E-state index is -1.16. The summed E-state index contributed by atoms with van der Waals surface area (Å²) >= 11 is 0. The molecule has 226 valence electrons. The Hall–Kier alpha value is -0.750. The van der Waals surface area contributed by atoms with Gasteiger partial charge in [0, 0.05) is 11.8 Å². The maximum absolute atomic E-state index is 13.0. The smallest absolute Gasteiger partial charge is 0.138 e. The van der Waals surface area contributed by atoms with Gasteiger partial charge in [-0.15, -0.1) is 0 Å². The van der Waals surface area contributed by atoms with E-state index >= 15 is 0 Å². The van der Waals surface area contributed by atoms with Gasteiger partial charge in [-0.05, 0) is 116 Å². The predicted molar refractivity (Wildman–Crippen MR) is 156 cm³/mol. The van der Waals surface area contributed by atoms with E-state index in [1.54, 1.807) is 5.57 Å². The molecule has 0 aromatic carbocycles. The van der Waals surface area contributed by atoms with E-state index in [2.05, 4.69) is 47.6 Å². The fraction of sp³-hybridized carbons (Fsp3) is 0.914. The summed E-state index contributed by atoms with van der Waals surface area (Å²) < 4.78 is 6.22. The number of hydrogen-bond acceptors (Lipinski definition) is 5. The van der Waals surface area contributed by atoms with Crippen LogP contribution in [0.4, 0.5) is 0 Å². The molecule has 0 aromatic rings. The van der Waals surface area contributed by atoms with Crippen molar-refractivity contribution in [3.8, 4) is 0 Å². The molecule has 12 atom stereocenters. The molecule has 4 saturated carbocycles. The second-order valence-corrected chi connectivity index (χ2v) is 17.2. The molecule has 5 nitrogen and oxygen atoms in total. The van der Waals surface area contributed by atoms with Gasteiger partial charge in [-0.25, -0.2) is 0 Å². The molecule has 0 amide bonds. The quantitative estimate of drug-likeness (QED) is 0.351. The summed E-state index contributed by atoms with van der Waals surface area (Å²) in [5, 5.41) is 31.9. The molecule has 6 aliphatic rings. The highest BCUT2D eigenvalue weighted by Crippen LogP contribution is 2.72. The molecular formula is C35H56O5. The van der Waals surface area contributed by atoms with Gasteiger partial charge < -0.3 is 20.1 Å². The standard InChI is InChI=1S/C35H56O5/c1-20-28(37)30(39)29(38)24(40-20)19-35-15-10-22-21(23(35)18-31(2,3)16-17-35)8-9-26-33(22,6)13-11-25-32(4,5)27(36)12-14-34(25,26)7/h8,20,22-26,28-30,37-39H,9-19H2,1-7H3/t20?,22?,23?,24-,25?,26?,28-,29?,30?,33-,34-,35-/m0/s1. The van der Waals surface area contributed by atoms with E-state index in [0.29, 0.717) is 29.5 Å². The molecule has 3 N–H and O–H groups in total. The molecule has 5 heteroatoms. The number of allylic oxidation sites excluding steroid dienone is 2. The van der Waals surface area contributed by atoms with Crippen LogP contribution in [0.25, 0.3) is 0 Å². The van der Waals surface area contributed by atoms with Crippen molar-refractivity contribution in [2.45, 2.75) is 150 Å². The van der Waals surface area contributed by atoms with Gasteiger partial charge >= 0.3 is 0 Å². The first-order valence-corrected chi connectivity index (χ1v) is 16.5. The van der Waals surface area contributed by atoms with Crippen LogP contribution in [0, 0.1) is 50.7 Å². The van der Waals surface area contributed by atoms with E-state index in [4.69, 9.17) is 4.74 Å². The van der Waals surface area contributed by atoms with Crippen molar-refractivity contribution in [3.63, 3.8) is 0 Å². The Morgan fingerprint density at radius 2 is 1.55 bits per heavy atom. The van der Waals surface area contributed by atoms with Gasteiger partial charge in [0.2, 0.25) is 0 Å². The largest absolute Gasteiger partial charge is 0.388 e. The summed E-state index contributed by atoms with van der Waals surface area (Å²) in [6.45, 7) is 16.3. The second-order valence-electron chi connectivity index (χ2n) is 17.2. The molecule has 5 aliphatic carbocycles. The second kappa shape index (κ2) is 9.37. The van der Waals surface area contributed by atoms with Crippen molar-refractivity contribution in [3.05, 3.63) is 11.6 Å². The first kappa shape index (κ1) is 29.3. The topological polar surface area (TPSA) is 87.0 Å². The van der Waals surface area contributed by atoms with Crippen LogP contribution in [0.2, 0.25) is 0 Å². The van der Waals surface area contributed by atoms with Crippen LogP contribution in [-0.2, 0) is 9.53 Å². The van der Waals surface area contributed by atoms with Crippen LogP contribution < -0.4 is 0 Å². The van der Waals surface area contributed by atoms with Crippen molar-refractivity contribution in [2.24, 2.45) is 50.7 Å². The molecular weight excluding hydrogens is 500 g/mol. The van der Waals surface area contributed by atoms with Crippen molar-refractivity contribution < 1.29 is 24.9 Å². The Balaban J connectivity index is 1.34. The van der Waals surface area contributed by atoms with Crippen molar-refractivity contribution in [1.29, 1.82) is 0 Å². The van der Waals surface area contributed by atoms with Crippen LogP contribution in [0.15, 0.2) is 11.6 Å². The van der Waals surface area contributed by atoms with Gasteiger partial charge in [0.25, 0.3) is 0 Å². The van der Waals surface area contributed by atoms with Crippen molar-refractivity contribution >= 4 is 5.78 Å². The number of carbonyl (C=O) groups is 1. The Morgan fingerprint density at radius 3 is 2.27 bits per heavy atom. The summed E-state index contributed by atoms with van der Waals surface area (Å²) in [4.78, 5) is 13.0. The van der Waals surface area contributed by atoms with E-state index in [9.17, 15) is 20.1 Å². The number of aliphatic hydroxyl groups excluding tert-OH is 3. The lowest BCUT2D eigenvalue weighted by molar-refractivity contribution is -0.229. The molecule has 0 aromatic heterocycles. The zero-order valence-corrected chi connectivity index (χ0v) is 26.2. The highest BCUT2D eigenvalue weighted by molar-refractivity contribution is 5.85. The van der Waals surface area contributed by atoms with Gasteiger partial charge in [0.05, 0.1) is 12.2 Å². The third-order valence-corrected chi connectivity index (χ3v) is 14.3. The van der Waals surface area contributed by atoms with Crippen molar-refractivity contribution in [1.82, 2.24) is 0 Å². The lowest BCUT2D eigenvalue weighted by atomic mass is 9.37. The summed E-state index contributed by atoms with van der Waals surface area (Å²) in [5.41, 5.74) is 2.28. The van der Waals surface area contributed by atoms with E-state index < -0.39 is 30.5 Å². The number of Topliss-reactive ketones (excluding diaryl/α,β-unsaturated/α-hetero) is 1. The maximum atomic E-state index is 13.0. The number of fused-ring (bicyclic) bond motifs is 7. The number of hydrogen-bond donors (Lipinski definition) is 3. The molecule has 1 aliphatic heterocycles. The third-order valence-electron chi connectivity index (χ3n) is 14.3. The number of ketones is 1. The number of aliphatic hydroxyl groups is 3. The highest BCUT2D eigenvalue weighted by Gasteiger charge is 2.65. The van der Waals surface area contributed by atoms with E-state index in [1.165, 1.54) is 25.7 Å². The van der Waals surface area contributed by atoms with Crippen LogP contribution >= 0.6 is 0 Å². The van der Waals surface area contributed by atoms with Crippen LogP contribution in [-0.4, -0.2) is 51.6 Å². The zero-order chi connectivity index (χ0) is 29.0. The highest BCUT2D eigenvalue weighted by atomic mass is 16.5. The molecule has 1 saturated heterocycles. The summed E-state index contributed by atoms with van der Waals surface area (Å²) in [7, 11) is 0. The summed E-state index contributed by atoms with van der Waals surface area (Å²) in [6, 6.07) is 0. The summed E-state index contributed by atoms with van der Waals surface area (Å²) in [6.07, 6.45) is 10.3. The number of ether oxygens (including phenoxy) is 1. The van der Waals surface area contributed by atoms with Gasteiger partial charge in [-0.2, -0.15) is 0 Å². The molecule has 40 heavy (non-hydrogen) atoms. The average molecular weight is 557 g/mol. The van der Waals surface area contributed by atoms with E-state index in [1.807, 2.05) is 6.92 Å². The van der Waals surface area contributed by atoms with Crippen LogP contribution in [0.5, 0.6) is 0 Å². The fourth-order valence-corrected chi connectivity index (χ4v) is 11.9. The maximum Gasteiger partial charge on any atom is 0.138 e. The third kappa shape index (κ3) is 4.10.